The molecule has 2 rings (SSSR count). The van der Waals surface area contributed by atoms with E-state index in [1.54, 1.807) is 0 Å². The van der Waals surface area contributed by atoms with E-state index in [0.29, 0.717) is 0 Å². The molecule has 3 nitrogen and oxygen atoms in total. The Morgan fingerprint density at radius 2 is 2.00 bits per heavy atom. The van der Waals surface area contributed by atoms with Gasteiger partial charge in [0, 0.05) is 11.8 Å². The lowest BCUT2D eigenvalue weighted by molar-refractivity contribution is -0.143. The first-order valence-electron chi connectivity index (χ1n) is 5.32. The first kappa shape index (κ1) is 10.3. The van der Waals surface area contributed by atoms with Crippen LogP contribution in [0.4, 0.5) is 0 Å². The minimum atomic E-state index is -0.606. The van der Waals surface area contributed by atoms with Gasteiger partial charge in [-0.15, -0.1) is 0 Å². The van der Waals surface area contributed by atoms with Gasteiger partial charge in [0.2, 0.25) is 0 Å². The third-order valence-corrected chi connectivity index (χ3v) is 4.45. The van der Waals surface area contributed by atoms with Crippen LogP contribution in [0.2, 0.25) is 0 Å². The molecule has 4 heteroatoms. The standard InChI is InChI=1S/C10H17NO2S/c12-10(13)8-1-4-11(5-2-8)9-3-6-14-7-9/h8-9H,1-7H2,(H,12,13). The summed E-state index contributed by atoms with van der Waals surface area (Å²) in [7, 11) is 0. The molecule has 1 atom stereocenters. The number of aliphatic carboxylic acids is 1. The predicted molar refractivity (Wildman–Crippen MR) is 57.7 cm³/mol. The number of nitrogens with zero attached hydrogens (tertiary/aromatic N) is 1. The van der Waals surface area contributed by atoms with Gasteiger partial charge in [-0.2, -0.15) is 11.8 Å². The molecule has 0 spiro atoms. The second-order valence-corrected chi connectivity index (χ2v) is 5.32. The molecule has 2 heterocycles. The van der Waals surface area contributed by atoms with Crippen molar-refractivity contribution in [2.75, 3.05) is 24.6 Å². The average Bonchev–Trinajstić information content (AvgIpc) is 2.71. The summed E-state index contributed by atoms with van der Waals surface area (Å²) in [5.41, 5.74) is 0. The zero-order chi connectivity index (χ0) is 9.97. The molecule has 2 aliphatic heterocycles. The van der Waals surface area contributed by atoms with Gasteiger partial charge < -0.3 is 5.11 Å². The van der Waals surface area contributed by atoms with Crippen LogP contribution in [0.3, 0.4) is 0 Å². The fraction of sp³-hybridized carbons (Fsp3) is 0.900. The fourth-order valence-electron chi connectivity index (χ4n) is 2.32. The summed E-state index contributed by atoms with van der Waals surface area (Å²) in [6.07, 6.45) is 2.98. The molecule has 0 aromatic heterocycles. The molecule has 2 fully saturated rings. The minimum Gasteiger partial charge on any atom is -0.481 e. The lowest BCUT2D eigenvalue weighted by atomic mass is 9.96. The van der Waals surface area contributed by atoms with Crippen molar-refractivity contribution >= 4 is 17.7 Å². The van der Waals surface area contributed by atoms with Gasteiger partial charge in [0.05, 0.1) is 5.92 Å². The van der Waals surface area contributed by atoms with Gasteiger partial charge in [-0.05, 0) is 38.1 Å². The molecule has 14 heavy (non-hydrogen) atoms. The van der Waals surface area contributed by atoms with Gasteiger partial charge in [0.1, 0.15) is 0 Å². The van der Waals surface area contributed by atoms with Crippen LogP contribution >= 0.6 is 11.8 Å². The maximum atomic E-state index is 10.8. The second kappa shape index (κ2) is 4.53. The monoisotopic (exact) mass is 215 g/mol. The summed E-state index contributed by atoms with van der Waals surface area (Å²) >= 11 is 2.02. The molecular formula is C10H17NO2S. The summed E-state index contributed by atoms with van der Waals surface area (Å²) in [5, 5.41) is 8.87. The quantitative estimate of drug-likeness (QED) is 0.753. The van der Waals surface area contributed by atoms with Gasteiger partial charge in [-0.1, -0.05) is 0 Å². The molecular weight excluding hydrogens is 198 g/mol. The van der Waals surface area contributed by atoms with Crippen molar-refractivity contribution in [2.24, 2.45) is 5.92 Å². The molecule has 0 bridgehead atoms. The van der Waals surface area contributed by atoms with Crippen molar-refractivity contribution in [1.29, 1.82) is 0 Å². The summed E-state index contributed by atoms with van der Waals surface area (Å²) in [6.45, 7) is 1.98. The van der Waals surface area contributed by atoms with E-state index in [0.717, 1.165) is 32.0 Å². The maximum Gasteiger partial charge on any atom is 0.306 e. The van der Waals surface area contributed by atoms with Gasteiger partial charge >= 0.3 is 5.97 Å². The summed E-state index contributed by atoms with van der Waals surface area (Å²) in [6, 6.07) is 0.731. The number of thioether (sulfide) groups is 1. The van der Waals surface area contributed by atoms with Gasteiger partial charge in [0.15, 0.2) is 0 Å². The van der Waals surface area contributed by atoms with Crippen molar-refractivity contribution < 1.29 is 9.90 Å². The molecule has 80 valence electrons. The predicted octanol–water partition coefficient (Wildman–Crippen LogP) is 1.29. The molecule has 0 aromatic rings. The number of rotatable bonds is 2. The maximum absolute atomic E-state index is 10.8. The second-order valence-electron chi connectivity index (χ2n) is 4.17. The van der Waals surface area contributed by atoms with E-state index < -0.39 is 5.97 Å². The molecule has 2 saturated heterocycles. The molecule has 2 aliphatic rings. The van der Waals surface area contributed by atoms with Crippen LogP contribution in [0, 0.1) is 5.92 Å². The van der Waals surface area contributed by atoms with E-state index in [1.165, 1.54) is 17.9 Å². The Morgan fingerprint density at radius 3 is 2.50 bits per heavy atom. The van der Waals surface area contributed by atoms with Gasteiger partial charge in [-0.3, -0.25) is 9.69 Å². The van der Waals surface area contributed by atoms with Crippen LogP contribution in [0.15, 0.2) is 0 Å². The number of carboxylic acids is 1. The Hall–Kier alpha value is -0.220. The van der Waals surface area contributed by atoms with Crippen LogP contribution in [0.1, 0.15) is 19.3 Å². The number of hydrogen-bond acceptors (Lipinski definition) is 3. The van der Waals surface area contributed by atoms with E-state index in [4.69, 9.17) is 5.11 Å². The first-order chi connectivity index (χ1) is 6.77. The minimum absolute atomic E-state index is 0.0830. The Balaban J connectivity index is 1.80. The largest absolute Gasteiger partial charge is 0.481 e. The van der Waals surface area contributed by atoms with Crippen molar-refractivity contribution in [3.05, 3.63) is 0 Å². The van der Waals surface area contributed by atoms with Crippen molar-refractivity contribution in [3.8, 4) is 0 Å². The number of carbonyl (C=O) groups is 1. The number of piperidine rings is 1. The normalized spacial score (nSPS) is 30.7. The lowest BCUT2D eigenvalue weighted by Crippen LogP contribution is -2.42. The molecule has 0 aromatic carbocycles. The Kier molecular flexibility index (Phi) is 3.34. The van der Waals surface area contributed by atoms with E-state index in [-0.39, 0.29) is 5.92 Å². The average molecular weight is 215 g/mol. The summed E-state index contributed by atoms with van der Waals surface area (Å²) < 4.78 is 0. The highest BCUT2D eigenvalue weighted by atomic mass is 32.2. The van der Waals surface area contributed by atoms with Crippen molar-refractivity contribution in [2.45, 2.75) is 25.3 Å². The lowest BCUT2D eigenvalue weighted by Gasteiger charge is -2.34. The summed E-state index contributed by atoms with van der Waals surface area (Å²) in [4.78, 5) is 13.2. The number of hydrogen-bond donors (Lipinski definition) is 1. The molecule has 0 radical (unpaired) electrons. The van der Waals surface area contributed by atoms with Crippen LogP contribution < -0.4 is 0 Å². The molecule has 1 unspecified atom stereocenters. The Labute approximate surface area is 88.9 Å². The highest BCUT2D eigenvalue weighted by Crippen LogP contribution is 2.26. The van der Waals surface area contributed by atoms with Crippen molar-refractivity contribution in [3.63, 3.8) is 0 Å². The first-order valence-corrected chi connectivity index (χ1v) is 6.47. The zero-order valence-corrected chi connectivity index (χ0v) is 9.13. The Bertz CT molecular complexity index is 208. The third kappa shape index (κ3) is 2.23. The van der Waals surface area contributed by atoms with E-state index in [2.05, 4.69) is 4.90 Å². The van der Waals surface area contributed by atoms with Crippen LogP contribution in [-0.2, 0) is 4.79 Å². The SMILES string of the molecule is O=C(O)C1CCN(C2CCSC2)CC1. The molecule has 0 aliphatic carbocycles. The van der Waals surface area contributed by atoms with E-state index in [1.807, 2.05) is 11.8 Å². The highest BCUT2D eigenvalue weighted by molar-refractivity contribution is 7.99. The van der Waals surface area contributed by atoms with E-state index >= 15 is 0 Å². The molecule has 0 saturated carbocycles. The van der Waals surface area contributed by atoms with Gasteiger partial charge in [0.25, 0.3) is 0 Å². The molecule has 0 amide bonds. The highest BCUT2D eigenvalue weighted by Gasteiger charge is 2.29. The fourth-order valence-corrected chi connectivity index (χ4v) is 3.58. The van der Waals surface area contributed by atoms with Gasteiger partial charge in [-0.25, -0.2) is 0 Å². The zero-order valence-electron chi connectivity index (χ0n) is 8.32. The topological polar surface area (TPSA) is 40.5 Å². The third-order valence-electron chi connectivity index (χ3n) is 3.30. The number of carboxylic acid groups (broad SMARTS) is 1. The Morgan fingerprint density at radius 1 is 1.29 bits per heavy atom. The smallest absolute Gasteiger partial charge is 0.306 e. The summed E-state index contributed by atoms with van der Waals surface area (Å²) in [5.74, 6) is 1.84. The number of likely N-dealkylation sites (tertiary alicyclic amines) is 1. The van der Waals surface area contributed by atoms with Crippen molar-refractivity contribution in [1.82, 2.24) is 4.90 Å². The van der Waals surface area contributed by atoms with Crippen LogP contribution in [0.5, 0.6) is 0 Å². The van der Waals surface area contributed by atoms with Crippen LogP contribution in [-0.4, -0.2) is 46.6 Å². The van der Waals surface area contributed by atoms with E-state index in [9.17, 15) is 4.79 Å². The van der Waals surface area contributed by atoms with Crippen LogP contribution in [0.25, 0.3) is 0 Å². The molecule has 1 N–H and O–H groups in total.